The Labute approximate surface area is 150 Å². The molecule has 106 valence electrons. The number of hydrogen-bond acceptors (Lipinski definition) is 0. The second-order valence-electron chi connectivity index (χ2n) is 3.98. The van der Waals surface area contributed by atoms with E-state index in [0.29, 0.717) is 0 Å². The van der Waals surface area contributed by atoms with Crippen molar-refractivity contribution >= 4 is 0 Å². The molecule has 0 aromatic heterocycles. The van der Waals surface area contributed by atoms with Crippen molar-refractivity contribution in [3.8, 4) is 0 Å². The van der Waals surface area contributed by atoms with Crippen molar-refractivity contribution < 1.29 is 51.0 Å². The Hall–Kier alpha value is 0.423. The molecule has 0 saturated carbocycles. The number of halogens is 2. The van der Waals surface area contributed by atoms with Crippen LogP contribution in [-0.4, -0.2) is 0 Å². The molecular weight excluding hydrogens is 354 g/mol. The van der Waals surface area contributed by atoms with E-state index in [0.717, 1.165) is 19.3 Å². The first-order valence-corrected chi connectivity index (χ1v) is 6.36. The summed E-state index contributed by atoms with van der Waals surface area (Å²) in [7, 11) is 0. The molecule has 0 aromatic carbocycles. The number of allylic oxidation sites excluding steroid dienone is 8. The van der Waals surface area contributed by atoms with Gasteiger partial charge in [-0.05, 0) is 0 Å². The molecule has 0 atom stereocenters. The van der Waals surface area contributed by atoms with Gasteiger partial charge in [-0.1, -0.05) is 40.0 Å². The van der Waals surface area contributed by atoms with Gasteiger partial charge in [0.15, 0.2) is 0 Å². The zero-order valence-corrected chi connectivity index (χ0v) is 16.0. The van der Waals surface area contributed by atoms with Crippen LogP contribution in [0.2, 0.25) is 0 Å². The van der Waals surface area contributed by atoms with Gasteiger partial charge in [-0.15, -0.1) is 12.8 Å². The average Bonchev–Trinajstić information content (AvgIpc) is 3.00. The van der Waals surface area contributed by atoms with E-state index in [-0.39, 0.29) is 51.0 Å². The maximum Gasteiger partial charge on any atom is 2.00 e. The topological polar surface area (TPSA) is 0 Å². The molecule has 0 bridgehead atoms. The van der Waals surface area contributed by atoms with Gasteiger partial charge in [0, 0.05) is 0 Å². The van der Waals surface area contributed by atoms with Gasteiger partial charge in [-0.25, -0.2) is 17.7 Å². The molecule has 0 N–H and O–H groups in total. The van der Waals surface area contributed by atoms with Crippen molar-refractivity contribution in [2.45, 2.75) is 52.9 Å². The van der Waals surface area contributed by atoms with Gasteiger partial charge in [-0.3, -0.25) is 12.2 Å². The minimum atomic E-state index is 0. The molecule has 19 heavy (non-hydrogen) atoms. The fourth-order valence-electron chi connectivity index (χ4n) is 2.12. The first-order chi connectivity index (χ1) is 7.83. The van der Waals surface area contributed by atoms with Crippen LogP contribution in [0.25, 0.3) is 0 Å². The van der Waals surface area contributed by atoms with Gasteiger partial charge in [-0.2, -0.15) is 17.2 Å². The van der Waals surface area contributed by atoms with E-state index in [2.05, 4.69) is 39.0 Å². The Morgan fingerprint density at radius 1 is 1.05 bits per heavy atom. The van der Waals surface area contributed by atoms with E-state index >= 15 is 0 Å². The van der Waals surface area contributed by atoms with Crippen molar-refractivity contribution in [2.75, 3.05) is 0 Å². The predicted molar refractivity (Wildman–Crippen MR) is 70.8 cm³/mol. The Morgan fingerprint density at radius 3 is 2.05 bits per heavy atom. The van der Waals surface area contributed by atoms with Crippen molar-refractivity contribution in [1.82, 2.24) is 0 Å². The standard InChI is InChI=1S/C11H17.C5H5.2ClH.Zr/c1-4-9-7-8-10(5-2)11(9)6-3;1-2-4-5-3-1;;;/h4-7H2,1-3H3;1-3H,4H2;2*1H;/q2*-1;;;+2/p-2. The molecule has 2 aliphatic rings. The van der Waals surface area contributed by atoms with Crippen molar-refractivity contribution in [2.24, 2.45) is 0 Å². The molecule has 0 fully saturated rings. The van der Waals surface area contributed by atoms with Crippen molar-refractivity contribution in [1.29, 1.82) is 0 Å². The van der Waals surface area contributed by atoms with Crippen LogP contribution < -0.4 is 24.8 Å². The molecule has 0 nitrogen and oxygen atoms in total. The SMILES string of the molecule is CCC1=[C-]CC(CC)=C1CC.[C-]1=CC=CC1.[Cl-].[Cl-].[Zr+2]. The summed E-state index contributed by atoms with van der Waals surface area (Å²) in [6.45, 7) is 6.70. The first kappa shape index (κ1) is 24.4. The largest absolute Gasteiger partial charge is 2.00 e. The summed E-state index contributed by atoms with van der Waals surface area (Å²) in [5.74, 6) is 0. The second kappa shape index (κ2) is 14.8. The summed E-state index contributed by atoms with van der Waals surface area (Å²) in [4.78, 5) is 0. The Bertz CT molecular complexity index is 329. The van der Waals surface area contributed by atoms with Crippen LogP contribution in [-0.2, 0) is 26.2 Å². The first-order valence-electron chi connectivity index (χ1n) is 6.36. The molecular formula is C16H22Cl2Zr-2. The van der Waals surface area contributed by atoms with E-state index < -0.39 is 0 Å². The third kappa shape index (κ3) is 8.33. The van der Waals surface area contributed by atoms with E-state index in [1.807, 2.05) is 12.2 Å². The molecule has 0 heterocycles. The quantitative estimate of drug-likeness (QED) is 0.552. The van der Waals surface area contributed by atoms with Gasteiger partial charge in [0.1, 0.15) is 0 Å². The zero-order valence-electron chi connectivity index (χ0n) is 12.0. The monoisotopic (exact) mass is 374 g/mol. The van der Waals surface area contributed by atoms with E-state index in [1.54, 1.807) is 11.1 Å². The molecule has 3 heteroatoms. The average molecular weight is 376 g/mol. The van der Waals surface area contributed by atoms with Crippen molar-refractivity contribution in [3.63, 3.8) is 0 Å². The number of rotatable bonds is 3. The van der Waals surface area contributed by atoms with Crippen LogP contribution in [0.3, 0.4) is 0 Å². The van der Waals surface area contributed by atoms with Gasteiger partial charge in [0.05, 0.1) is 0 Å². The summed E-state index contributed by atoms with van der Waals surface area (Å²) >= 11 is 0. The molecule has 0 saturated heterocycles. The van der Waals surface area contributed by atoms with Crippen molar-refractivity contribution in [3.05, 3.63) is 47.1 Å². The third-order valence-electron chi connectivity index (χ3n) is 3.03. The molecule has 0 amide bonds. The van der Waals surface area contributed by atoms with Gasteiger partial charge in [0.25, 0.3) is 0 Å². The van der Waals surface area contributed by atoms with Gasteiger partial charge < -0.3 is 24.8 Å². The Morgan fingerprint density at radius 2 is 1.74 bits per heavy atom. The van der Waals surface area contributed by atoms with E-state index in [4.69, 9.17) is 0 Å². The molecule has 0 aromatic rings. The molecule has 0 radical (unpaired) electrons. The maximum atomic E-state index is 3.45. The van der Waals surface area contributed by atoms with Crippen LogP contribution in [0.1, 0.15) is 52.9 Å². The minimum Gasteiger partial charge on any atom is -1.00 e. The van der Waals surface area contributed by atoms with E-state index in [1.165, 1.54) is 18.4 Å². The zero-order chi connectivity index (χ0) is 11.8. The molecule has 0 aliphatic heterocycles. The normalized spacial score (nSPS) is 14.8. The summed E-state index contributed by atoms with van der Waals surface area (Å²) in [6, 6.07) is 0. The fourth-order valence-corrected chi connectivity index (χ4v) is 2.12. The Kier molecular flexibility index (Phi) is 19.1. The van der Waals surface area contributed by atoms with Gasteiger partial charge >= 0.3 is 26.2 Å². The van der Waals surface area contributed by atoms with Gasteiger partial charge in [0.2, 0.25) is 0 Å². The van der Waals surface area contributed by atoms with Crippen LogP contribution in [0.5, 0.6) is 0 Å². The predicted octanol–water partition coefficient (Wildman–Crippen LogP) is -1.04. The molecule has 0 unspecified atom stereocenters. The third-order valence-corrected chi connectivity index (χ3v) is 3.03. The van der Waals surface area contributed by atoms with E-state index in [9.17, 15) is 0 Å². The molecule has 2 rings (SSSR count). The smallest absolute Gasteiger partial charge is 1.00 e. The molecule has 2 aliphatic carbocycles. The maximum absolute atomic E-state index is 3.45. The Balaban J connectivity index is -0.000000277. The second-order valence-corrected chi connectivity index (χ2v) is 3.98. The fraction of sp³-hybridized carbons (Fsp3) is 0.500. The summed E-state index contributed by atoms with van der Waals surface area (Å²) < 4.78 is 0. The van der Waals surface area contributed by atoms with Crippen LogP contribution in [0.4, 0.5) is 0 Å². The summed E-state index contributed by atoms with van der Waals surface area (Å²) in [5, 5.41) is 0. The van der Waals surface area contributed by atoms with Crippen LogP contribution in [0, 0.1) is 12.2 Å². The summed E-state index contributed by atoms with van der Waals surface area (Å²) in [5.41, 5.74) is 4.68. The minimum absolute atomic E-state index is 0. The molecule has 0 spiro atoms. The number of hydrogen-bond donors (Lipinski definition) is 0. The van der Waals surface area contributed by atoms with Crippen LogP contribution >= 0.6 is 0 Å². The van der Waals surface area contributed by atoms with Crippen LogP contribution in [0.15, 0.2) is 34.9 Å². The summed E-state index contributed by atoms with van der Waals surface area (Å²) in [6.07, 6.45) is 18.1.